The van der Waals surface area contributed by atoms with Crippen molar-refractivity contribution < 1.29 is 14.7 Å². The summed E-state index contributed by atoms with van der Waals surface area (Å²) < 4.78 is 0. The van der Waals surface area contributed by atoms with Crippen LogP contribution in [0.1, 0.15) is 26.2 Å². The molecular weight excluding hydrogens is 158 g/mol. The van der Waals surface area contributed by atoms with E-state index in [-0.39, 0.29) is 5.57 Å². The molecule has 0 fully saturated rings. The van der Waals surface area contributed by atoms with E-state index in [2.05, 4.69) is 0 Å². The molecule has 0 aromatic rings. The maximum absolute atomic E-state index is 10.5. The van der Waals surface area contributed by atoms with E-state index >= 15 is 0 Å². The van der Waals surface area contributed by atoms with E-state index in [0.29, 0.717) is 6.42 Å². The molecular formula is C8H13NO3. The van der Waals surface area contributed by atoms with Gasteiger partial charge >= 0.3 is 5.97 Å². The minimum atomic E-state index is -1.25. The van der Waals surface area contributed by atoms with Gasteiger partial charge in [-0.15, -0.1) is 0 Å². The van der Waals surface area contributed by atoms with Crippen molar-refractivity contribution in [2.45, 2.75) is 26.2 Å². The number of primary amides is 1. The molecule has 0 spiro atoms. The van der Waals surface area contributed by atoms with Crippen molar-refractivity contribution in [3.63, 3.8) is 0 Å². The Hall–Kier alpha value is -1.32. The molecule has 0 saturated heterocycles. The van der Waals surface area contributed by atoms with Crippen LogP contribution in [0.15, 0.2) is 11.6 Å². The molecule has 0 atom stereocenters. The third-order valence-electron chi connectivity index (χ3n) is 1.40. The lowest BCUT2D eigenvalue weighted by Gasteiger charge is -1.95. The summed E-state index contributed by atoms with van der Waals surface area (Å²) in [7, 11) is 0. The monoisotopic (exact) mass is 171 g/mol. The highest BCUT2D eigenvalue weighted by Gasteiger charge is 2.12. The third kappa shape index (κ3) is 3.75. The molecule has 4 heteroatoms. The van der Waals surface area contributed by atoms with Gasteiger partial charge in [-0.3, -0.25) is 4.79 Å². The third-order valence-corrected chi connectivity index (χ3v) is 1.40. The van der Waals surface area contributed by atoms with Crippen molar-refractivity contribution in [3.8, 4) is 0 Å². The van der Waals surface area contributed by atoms with Crippen LogP contribution >= 0.6 is 0 Å². The first-order valence-electron chi connectivity index (χ1n) is 3.82. The number of carboxylic acids is 1. The van der Waals surface area contributed by atoms with Crippen LogP contribution in [0.4, 0.5) is 0 Å². The number of nitrogens with two attached hydrogens (primary N) is 1. The predicted octanol–water partition coefficient (Wildman–Crippen LogP) is 0.673. The number of carbonyl (C=O) groups excluding carboxylic acids is 1. The van der Waals surface area contributed by atoms with Gasteiger partial charge in [-0.1, -0.05) is 25.8 Å². The largest absolute Gasteiger partial charge is 0.478 e. The summed E-state index contributed by atoms with van der Waals surface area (Å²) in [5.74, 6) is -2.13. The van der Waals surface area contributed by atoms with Gasteiger partial charge in [0.15, 0.2) is 0 Å². The molecule has 0 aromatic heterocycles. The second-order valence-electron chi connectivity index (χ2n) is 2.43. The normalized spacial score (nSPS) is 11.2. The van der Waals surface area contributed by atoms with Gasteiger partial charge in [-0.05, 0) is 6.42 Å². The minimum Gasteiger partial charge on any atom is -0.478 e. The summed E-state index contributed by atoms with van der Waals surface area (Å²) in [5.41, 5.74) is 4.52. The zero-order chi connectivity index (χ0) is 9.56. The van der Waals surface area contributed by atoms with Crippen LogP contribution in [-0.2, 0) is 9.59 Å². The Kier molecular flexibility index (Phi) is 4.76. The predicted molar refractivity (Wildman–Crippen MR) is 44.4 cm³/mol. The van der Waals surface area contributed by atoms with Crippen LogP contribution in [0, 0.1) is 0 Å². The summed E-state index contributed by atoms with van der Waals surface area (Å²) in [6, 6.07) is 0. The number of carboxylic acid groups (broad SMARTS) is 1. The first-order valence-corrected chi connectivity index (χ1v) is 3.82. The van der Waals surface area contributed by atoms with Gasteiger partial charge in [-0.25, -0.2) is 4.79 Å². The first-order chi connectivity index (χ1) is 5.59. The quantitative estimate of drug-likeness (QED) is 0.276. The van der Waals surface area contributed by atoms with Crippen molar-refractivity contribution in [2.24, 2.45) is 5.73 Å². The van der Waals surface area contributed by atoms with Crippen molar-refractivity contribution >= 4 is 11.9 Å². The Balaban J connectivity index is 4.20. The molecule has 0 aliphatic rings. The Bertz CT molecular complexity index is 192. The van der Waals surface area contributed by atoms with Crippen LogP contribution in [0.25, 0.3) is 0 Å². The molecule has 0 rings (SSSR count). The van der Waals surface area contributed by atoms with Crippen LogP contribution in [0.5, 0.6) is 0 Å². The highest BCUT2D eigenvalue weighted by atomic mass is 16.4. The number of amides is 1. The summed E-state index contributed by atoms with van der Waals surface area (Å²) in [6.45, 7) is 1.98. The summed E-state index contributed by atoms with van der Waals surface area (Å²) in [5, 5.41) is 8.47. The number of carbonyl (C=O) groups is 2. The molecule has 12 heavy (non-hydrogen) atoms. The second kappa shape index (κ2) is 5.35. The van der Waals surface area contributed by atoms with Crippen LogP contribution in [-0.4, -0.2) is 17.0 Å². The van der Waals surface area contributed by atoms with Crippen molar-refractivity contribution in [1.82, 2.24) is 0 Å². The molecule has 0 aromatic carbocycles. The van der Waals surface area contributed by atoms with Gasteiger partial charge in [0.05, 0.1) is 0 Å². The van der Waals surface area contributed by atoms with Gasteiger partial charge in [0.25, 0.3) is 5.91 Å². The number of allylic oxidation sites excluding steroid dienone is 1. The SMILES string of the molecule is CCCCC=C(C(N)=O)C(=O)O. The lowest BCUT2D eigenvalue weighted by Crippen LogP contribution is -2.20. The minimum absolute atomic E-state index is 0.316. The van der Waals surface area contributed by atoms with Crippen molar-refractivity contribution in [1.29, 1.82) is 0 Å². The van der Waals surface area contributed by atoms with Crippen molar-refractivity contribution in [3.05, 3.63) is 11.6 Å². The van der Waals surface area contributed by atoms with Gasteiger partial charge < -0.3 is 10.8 Å². The van der Waals surface area contributed by atoms with Crippen molar-refractivity contribution in [2.75, 3.05) is 0 Å². The second-order valence-corrected chi connectivity index (χ2v) is 2.43. The zero-order valence-corrected chi connectivity index (χ0v) is 7.04. The molecule has 0 aliphatic carbocycles. The number of rotatable bonds is 5. The Morgan fingerprint density at radius 1 is 1.50 bits per heavy atom. The standard InChI is InChI=1S/C8H13NO3/c1-2-3-4-5-6(7(9)10)8(11)12/h5H,2-4H2,1H3,(H2,9,10)(H,11,12). The first kappa shape index (κ1) is 10.7. The number of unbranched alkanes of at least 4 members (excludes halogenated alkanes) is 2. The number of aliphatic carboxylic acids is 1. The lowest BCUT2D eigenvalue weighted by atomic mass is 10.1. The Morgan fingerprint density at radius 3 is 2.42 bits per heavy atom. The highest BCUT2D eigenvalue weighted by Crippen LogP contribution is 2.01. The van der Waals surface area contributed by atoms with Crippen LogP contribution in [0.2, 0.25) is 0 Å². The van der Waals surface area contributed by atoms with E-state index in [0.717, 1.165) is 12.8 Å². The summed E-state index contributed by atoms with van der Waals surface area (Å²) in [4.78, 5) is 20.9. The van der Waals surface area contributed by atoms with Gasteiger partial charge in [0, 0.05) is 0 Å². The molecule has 0 bridgehead atoms. The maximum atomic E-state index is 10.5. The topological polar surface area (TPSA) is 80.4 Å². The molecule has 0 radical (unpaired) electrons. The van der Waals surface area contributed by atoms with E-state index in [4.69, 9.17) is 10.8 Å². The van der Waals surface area contributed by atoms with Crippen LogP contribution < -0.4 is 5.73 Å². The number of hydrogen-bond donors (Lipinski definition) is 2. The maximum Gasteiger partial charge on any atom is 0.340 e. The van der Waals surface area contributed by atoms with Crippen LogP contribution in [0.3, 0.4) is 0 Å². The molecule has 0 unspecified atom stereocenters. The molecule has 4 nitrogen and oxygen atoms in total. The lowest BCUT2D eigenvalue weighted by molar-refractivity contribution is -0.134. The molecule has 0 heterocycles. The van der Waals surface area contributed by atoms with Gasteiger partial charge in [-0.2, -0.15) is 0 Å². The fraction of sp³-hybridized carbons (Fsp3) is 0.500. The van der Waals surface area contributed by atoms with Gasteiger partial charge in [0.1, 0.15) is 5.57 Å². The average molecular weight is 171 g/mol. The Morgan fingerprint density at radius 2 is 2.08 bits per heavy atom. The fourth-order valence-corrected chi connectivity index (χ4v) is 0.744. The number of hydrogen-bond acceptors (Lipinski definition) is 2. The van der Waals surface area contributed by atoms with E-state index in [1.807, 2.05) is 6.92 Å². The molecule has 3 N–H and O–H groups in total. The average Bonchev–Trinajstić information content (AvgIpc) is 1.96. The highest BCUT2D eigenvalue weighted by molar-refractivity contribution is 6.14. The summed E-state index contributed by atoms with van der Waals surface area (Å²) >= 11 is 0. The van der Waals surface area contributed by atoms with E-state index in [9.17, 15) is 9.59 Å². The fourth-order valence-electron chi connectivity index (χ4n) is 0.744. The molecule has 1 amide bonds. The molecule has 0 saturated carbocycles. The molecule has 0 aliphatic heterocycles. The van der Waals surface area contributed by atoms with E-state index in [1.165, 1.54) is 6.08 Å². The zero-order valence-electron chi connectivity index (χ0n) is 7.04. The summed E-state index contributed by atoms with van der Waals surface area (Å²) in [6.07, 6.45) is 3.78. The van der Waals surface area contributed by atoms with E-state index < -0.39 is 11.9 Å². The van der Waals surface area contributed by atoms with Gasteiger partial charge in [0.2, 0.25) is 0 Å². The van der Waals surface area contributed by atoms with E-state index in [1.54, 1.807) is 0 Å². The smallest absolute Gasteiger partial charge is 0.340 e. The molecule has 68 valence electrons. The Labute approximate surface area is 71.1 Å².